The van der Waals surface area contributed by atoms with Crippen LogP contribution in [0.4, 0.5) is 5.69 Å². The van der Waals surface area contributed by atoms with Crippen LogP contribution in [0.15, 0.2) is 35.4 Å². The Bertz CT molecular complexity index is 525. The summed E-state index contributed by atoms with van der Waals surface area (Å²) < 4.78 is 5.69. The summed E-state index contributed by atoms with van der Waals surface area (Å²) in [6, 6.07) is 7.71. The number of carbonyl (C=O) groups excluding carboxylic acids is 1. The molecule has 1 amide bonds. The Labute approximate surface area is 116 Å². The van der Waals surface area contributed by atoms with Gasteiger partial charge in [0.15, 0.2) is 4.32 Å². The van der Waals surface area contributed by atoms with E-state index in [4.69, 9.17) is 17.0 Å². The highest BCUT2D eigenvalue weighted by Crippen LogP contribution is 2.34. The fourth-order valence-corrected chi connectivity index (χ4v) is 2.82. The van der Waals surface area contributed by atoms with E-state index in [2.05, 4.69) is 0 Å². The SMILES string of the molecule is CCOC=C1SC(=S)N(c2cccc(C)c2)C1=O. The second-order valence-electron chi connectivity index (χ2n) is 3.78. The van der Waals surface area contributed by atoms with Gasteiger partial charge < -0.3 is 4.74 Å². The summed E-state index contributed by atoms with van der Waals surface area (Å²) in [5.74, 6) is -0.121. The minimum Gasteiger partial charge on any atom is -0.500 e. The van der Waals surface area contributed by atoms with E-state index in [0.717, 1.165) is 11.3 Å². The molecule has 18 heavy (non-hydrogen) atoms. The molecule has 1 aliphatic heterocycles. The van der Waals surface area contributed by atoms with Gasteiger partial charge >= 0.3 is 0 Å². The Hall–Kier alpha value is -1.33. The van der Waals surface area contributed by atoms with Gasteiger partial charge in [-0.15, -0.1) is 0 Å². The summed E-state index contributed by atoms with van der Waals surface area (Å²) in [6.45, 7) is 4.39. The number of amides is 1. The molecule has 1 heterocycles. The first-order valence-electron chi connectivity index (χ1n) is 5.58. The van der Waals surface area contributed by atoms with Crippen molar-refractivity contribution >= 4 is 39.9 Å². The molecule has 0 bridgehead atoms. The topological polar surface area (TPSA) is 29.5 Å². The third-order valence-electron chi connectivity index (χ3n) is 2.41. The molecule has 1 saturated heterocycles. The summed E-state index contributed by atoms with van der Waals surface area (Å²) in [5, 5.41) is 0. The van der Waals surface area contributed by atoms with Crippen molar-refractivity contribution in [1.82, 2.24) is 0 Å². The summed E-state index contributed by atoms with van der Waals surface area (Å²) in [5.41, 5.74) is 1.90. The Morgan fingerprint density at radius 3 is 2.94 bits per heavy atom. The number of ether oxygens (including phenoxy) is 1. The Kier molecular flexibility index (Phi) is 4.04. The third kappa shape index (κ3) is 2.57. The quantitative estimate of drug-likeness (QED) is 0.482. The van der Waals surface area contributed by atoms with Crippen LogP contribution < -0.4 is 4.90 Å². The fraction of sp³-hybridized carbons (Fsp3) is 0.231. The standard InChI is InChI=1S/C13H13NO2S2/c1-3-16-8-11-12(15)14(13(17)18-11)10-6-4-5-9(2)7-10/h4-8H,3H2,1-2H3. The normalized spacial score (nSPS) is 17.7. The highest BCUT2D eigenvalue weighted by atomic mass is 32.2. The number of anilines is 1. The number of hydrogen-bond donors (Lipinski definition) is 0. The molecule has 0 N–H and O–H groups in total. The van der Waals surface area contributed by atoms with Gasteiger partial charge in [0, 0.05) is 0 Å². The highest BCUT2D eigenvalue weighted by molar-refractivity contribution is 8.27. The maximum absolute atomic E-state index is 12.2. The molecule has 0 saturated carbocycles. The first-order valence-corrected chi connectivity index (χ1v) is 6.80. The van der Waals surface area contributed by atoms with E-state index < -0.39 is 0 Å². The van der Waals surface area contributed by atoms with Crippen LogP contribution in [-0.4, -0.2) is 16.8 Å². The summed E-state index contributed by atoms with van der Waals surface area (Å²) >= 11 is 6.51. The van der Waals surface area contributed by atoms with Crippen LogP contribution in [0.5, 0.6) is 0 Å². The Morgan fingerprint density at radius 1 is 1.50 bits per heavy atom. The molecule has 3 nitrogen and oxygen atoms in total. The molecule has 2 rings (SSSR count). The van der Waals surface area contributed by atoms with Crippen molar-refractivity contribution in [2.75, 3.05) is 11.5 Å². The number of thiocarbonyl (C=S) groups is 1. The van der Waals surface area contributed by atoms with Gasteiger partial charge in [-0.2, -0.15) is 0 Å². The van der Waals surface area contributed by atoms with Gasteiger partial charge in [-0.1, -0.05) is 36.1 Å². The third-order valence-corrected chi connectivity index (χ3v) is 3.69. The molecule has 0 aromatic heterocycles. The minimum absolute atomic E-state index is 0.121. The van der Waals surface area contributed by atoms with Crippen molar-refractivity contribution in [1.29, 1.82) is 0 Å². The summed E-state index contributed by atoms with van der Waals surface area (Å²) in [7, 11) is 0. The van der Waals surface area contributed by atoms with Crippen molar-refractivity contribution in [3.63, 3.8) is 0 Å². The number of nitrogens with zero attached hydrogens (tertiary/aromatic N) is 1. The zero-order chi connectivity index (χ0) is 13.1. The smallest absolute Gasteiger partial charge is 0.273 e. The molecule has 1 aliphatic rings. The lowest BCUT2D eigenvalue weighted by Gasteiger charge is -2.14. The highest BCUT2D eigenvalue weighted by Gasteiger charge is 2.33. The first-order chi connectivity index (χ1) is 8.63. The average Bonchev–Trinajstić information content (AvgIpc) is 2.62. The predicted octanol–water partition coefficient (Wildman–Crippen LogP) is 3.24. The van der Waals surface area contributed by atoms with Crippen LogP contribution in [0.25, 0.3) is 0 Å². The molecule has 94 valence electrons. The van der Waals surface area contributed by atoms with Crippen LogP contribution >= 0.6 is 24.0 Å². The van der Waals surface area contributed by atoms with Crippen LogP contribution in [0.3, 0.4) is 0 Å². The Morgan fingerprint density at radius 2 is 2.28 bits per heavy atom. The van der Waals surface area contributed by atoms with Crippen LogP contribution in [0, 0.1) is 6.92 Å². The number of aryl methyl sites for hydroxylation is 1. The zero-order valence-electron chi connectivity index (χ0n) is 10.2. The van der Waals surface area contributed by atoms with Crippen molar-refractivity contribution in [2.45, 2.75) is 13.8 Å². The van der Waals surface area contributed by atoms with Gasteiger partial charge in [0.05, 0.1) is 12.3 Å². The van der Waals surface area contributed by atoms with Gasteiger partial charge in [-0.3, -0.25) is 9.69 Å². The molecule has 0 unspecified atom stereocenters. The molecule has 5 heteroatoms. The lowest BCUT2D eigenvalue weighted by atomic mass is 10.2. The molecule has 0 aliphatic carbocycles. The first kappa shape index (κ1) is 13.1. The monoisotopic (exact) mass is 279 g/mol. The van der Waals surface area contributed by atoms with Crippen LogP contribution in [0.2, 0.25) is 0 Å². The minimum atomic E-state index is -0.121. The number of thioether (sulfide) groups is 1. The second-order valence-corrected chi connectivity index (χ2v) is 5.46. The van der Waals surface area contributed by atoms with Crippen molar-refractivity contribution < 1.29 is 9.53 Å². The number of hydrogen-bond acceptors (Lipinski definition) is 4. The van der Waals surface area contributed by atoms with E-state index in [1.54, 1.807) is 0 Å². The van der Waals surface area contributed by atoms with E-state index in [0.29, 0.717) is 15.8 Å². The van der Waals surface area contributed by atoms with E-state index >= 15 is 0 Å². The van der Waals surface area contributed by atoms with Gasteiger partial charge in [-0.25, -0.2) is 0 Å². The van der Waals surface area contributed by atoms with E-state index in [1.807, 2.05) is 38.1 Å². The van der Waals surface area contributed by atoms with E-state index in [1.165, 1.54) is 22.9 Å². The van der Waals surface area contributed by atoms with Crippen LogP contribution in [0.1, 0.15) is 12.5 Å². The van der Waals surface area contributed by atoms with Gasteiger partial charge in [0.2, 0.25) is 0 Å². The zero-order valence-corrected chi connectivity index (χ0v) is 11.8. The Balaban J connectivity index is 2.30. The summed E-state index contributed by atoms with van der Waals surface area (Å²) in [4.78, 5) is 14.3. The largest absolute Gasteiger partial charge is 0.500 e. The lowest BCUT2D eigenvalue weighted by Crippen LogP contribution is -2.27. The lowest BCUT2D eigenvalue weighted by molar-refractivity contribution is -0.113. The maximum Gasteiger partial charge on any atom is 0.273 e. The van der Waals surface area contributed by atoms with E-state index in [-0.39, 0.29) is 5.91 Å². The van der Waals surface area contributed by atoms with Crippen molar-refractivity contribution in [2.24, 2.45) is 0 Å². The number of carbonyl (C=O) groups is 1. The molecule has 0 spiro atoms. The maximum atomic E-state index is 12.2. The predicted molar refractivity (Wildman–Crippen MR) is 78.6 cm³/mol. The fourth-order valence-electron chi connectivity index (χ4n) is 1.60. The van der Waals surface area contributed by atoms with E-state index in [9.17, 15) is 4.79 Å². The molecule has 1 aromatic rings. The van der Waals surface area contributed by atoms with Gasteiger partial charge in [0.25, 0.3) is 5.91 Å². The number of benzene rings is 1. The van der Waals surface area contributed by atoms with Crippen LogP contribution in [-0.2, 0) is 9.53 Å². The molecule has 0 atom stereocenters. The van der Waals surface area contributed by atoms with Gasteiger partial charge in [-0.05, 0) is 31.5 Å². The van der Waals surface area contributed by atoms with Crippen molar-refractivity contribution in [3.8, 4) is 0 Å². The average molecular weight is 279 g/mol. The van der Waals surface area contributed by atoms with Gasteiger partial charge in [0.1, 0.15) is 11.2 Å². The molecule has 0 radical (unpaired) electrons. The number of rotatable bonds is 3. The molecule has 1 fully saturated rings. The van der Waals surface area contributed by atoms with Crippen molar-refractivity contribution in [3.05, 3.63) is 41.0 Å². The molecular weight excluding hydrogens is 266 g/mol. The summed E-state index contributed by atoms with van der Waals surface area (Å²) in [6.07, 6.45) is 1.48. The second kappa shape index (κ2) is 5.54. The molecular formula is C13H13NO2S2. The molecule has 1 aromatic carbocycles.